The second kappa shape index (κ2) is 7.00. The number of methoxy groups -OCH3 is 1. The van der Waals surface area contributed by atoms with Gasteiger partial charge < -0.3 is 21.1 Å². The Morgan fingerprint density at radius 2 is 2.33 bits per heavy atom. The average Bonchev–Trinajstić information content (AvgIpc) is 2.83. The van der Waals surface area contributed by atoms with Gasteiger partial charge in [-0.05, 0) is 19.1 Å². The second-order valence-electron chi connectivity index (χ2n) is 4.24. The van der Waals surface area contributed by atoms with E-state index in [-0.39, 0.29) is 11.7 Å². The van der Waals surface area contributed by atoms with Gasteiger partial charge in [0.1, 0.15) is 10.7 Å². The molecule has 112 valence electrons. The van der Waals surface area contributed by atoms with Crippen molar-refractivity contribution in [3.63, 3.8) is 0 Å². The van der Waals surface area contributed by atoms with E-state index in [1.165, 1.54) is 11.3 Å². The molecule has 0 radical (unpaired) electrons. The summed E-state index contributed by atoms with van der Waals surface area (Å²) in [6.45, 7) is 2.98. The van der Waals surface area contributed by atoms with E-state index in [0.29, 0.717) is 28.8 Å². The third kappa shape index (κ3) is 3.89. The molecule has 0 aliphatic heterocycles. The molecule has 0 fully saturated rings. The third-order valence-corrected chi connectivity index (χ3v) is 3.72. The molecule has 0 saturated carbocycles. The van der Waals surface area contributed by atoms with Gasteiger partial charge in [0.15, 0.2) is 5.13 Å². The zero-order chi connectivity index (χ0) is 15.2. The van der Waals surface area contributed by atoms with E-state index < -0.39 is 0 Å². The molecule has 0 unspecified atom stereocenters. The number of carbonyl (C=O) groups is 1. The molecule has 7 nitrogen and oxygen atoms in total. The monoisotopic (exact) mass is 307 g/mol. The first-order valence-electron chi connectivity index (χ1n) is 6.34. The lowest BCUT2D eigenvalue weighted by atomic mass is 10.3. The van der Waals surface area contributed by atoms with E-state index >= 15 is 0 Å². The molecule has 2 rings (SSSR count). The molecule has 8 heteroatoms. The molecular weight excluding hydrogens is 290 g/mol. The predicted octanol–water partition coefficient (Wildman–Crippen LogP) is 1.74. The number of nitrogens with two attached hydrogens (primary N) is 1. The lowest BCUT2D eigenvalue weighted by Gasteiger charge is -2.05. The fourth-order valence-electron chi connectivity index (χ4n) is 1.63. The van der Waals surface area contributed by atoms with Gasteiger partial charge in [-0.2, -0.15) is 0 Å². The Balaban J connectivity index is 2.07. The van der Waals surface area contributed by atoms with E-state index in [1.54, 1.807) is 25.4 Å². The van der Waals surface area contributed by atoms with Crippen LogP contribution in [0.15, 0.2) is 18.3 Å². The van der Waals surface area contributed by atoms with Gasteiger partial charge in [0.25, 0.3) is 5.91 Å². The van der Waals surface area contributed by atoms with E-state index in [0.717, 1.165) is 5.69 Å². The zero-order valence-electron chi connectivity index (χ0n) is 11.8. The van der Waals surface area contributed by atoms with E-state index in [1.807, 2.05) is 6.92 Å². The maximum Gasteiger partial charge on any atom is 0.269 e. The number of nitrogen functional groups attached to an aromatic ring is 1. The molecule has 1 amide bonds. The quantitative estimate of drug-likeness (QED) is 0.703. The smallest absolute Gasteiger partial charge is 0.269 e. The number of amides is 1. The van der Waals surface area contributed by atoms with Crippen LogP contribution in [0, 0.1) is 6.92 Å². The summed E-state index contributed by atoms with van der Waals surface area (Å²) in [7, 11) is 1.62. The second-order valence-corrected chi connectivity index (χ2v) is 5.24. The van der Waals surface area contributed by atoms with Gasteiger partial charge >= 0.3 is 0 Å². The number of hydrogen-bond acceptors (Lipinski definition) is 7. The van der Waals surface area contributed by atoms with Crippen molar-refractivity contribution in [2.75, 3.05) is 36.6 Å². The fourth-order valence-corrected chi connectivity index (χ4v) is 2.43. The first-order chi connectivity index (χ1) is 10.1. The van der Waals surface area contributed by atoms with Crippen LogP contribution in [0.1, 0.15) is 15.4 Å². The highest BCUT2D eigenvalue weighted by Crippen LogP contribution is 2.26. The maximum absolute atomic E-state index is 12.2. The van der Waals surface area contributed by atoms with E-state index in [4.69, 9.17) is 10.5 Å². The molecular formula is C13H17N5O2S. The molecule has 2 aromatic heterocycles. The van der Waals surface area contributed by atoms with Crippen LogP contribution in [0.25, 0.3) is 0 Å². The molecule has 2 aromatic rings. The van der Waals surface area contributed by atoms with Gasteiger partial charge in [-0.25, -0.2) is 4.98 Å². The highest BCUT2D eigenvalue weighted by molar-refractivity contribution is 7.18. The number of carbonyl (C=O) groups excluding carboxylic acids is 1. The van der Waals surface area contributed by atoms with E-state index in [2.05, 4.69) is 20.6 Å². The summed E-state index contributed by atoms with van der Waals surface area (Å²) in [5.74, 6) is -0.0835. The number of thiazole rings is 1. The summed E-state index contributed by atoms with van der Waals surface area (Å²) in [4.78, 5) is 20.8. The Hall–Kier alpha value is -2.19. The normalized spacial score (nSPS) is 10.4. The summed E-state index contributed by atoms with van der Waals surface area (Å²) < 4.78 is 4.94. The number of aryl methyl sites for hydroxylation is 1. The number of anilines is 3. The number of nitrogens with zero attached hydrogens (tertiary/aromatic N) is 2. The van der Waals surface area contributed by atoms with Crippen LogP contribution in [0.3, 0.4) is 0 Å². The van der Waals surface area contributed by atoms with Crippen molar-refractivity contribution in [2.45, 2.75) is 6.92 Å². The largest absolute Gasteiger partial charge is 0.383 e. The third-order valence-electron chi connectivity index (χ3n) is 2.70. The van der Waals surface area contributed by atoms with Gasteiger partial charge in [-0.1, -0.05) is 11.3 Å². The summed E-state index contributed by atoms with van der Waals surface area (Å²) in [6.07, 6.45) is 1.67. The first-order valence-corrected chi connectivity index (χ1v) is 7.15. The lowest BCUT2D eigenvalue weighted by molar-refractivity contribution is 0.103. The predicted molar refractivity (Wildman–Crippen MR) is 83.8 cm³/mol. The van der Waals surface area contributed by atoms with Crippen molar-refractivity contribution >= 4 is 33.9 Å². The Bertz CT molecular complexity index is 629. The lowest BCUT2D eigenvalue weighted by Crippen LogP contribution is -2.13. The van der Waals surface area contributed by atoms with Gasteiger partial charge in [0, 0.05) is 19.9 Å². The summed E-state index contributed by atoms with van der Waals surface area (Å²) in [6, 6.07) is 3.55. The molecule has 0 aliphatic rings. The van der Waals surface area contributed by atoms with Crippen LogP contribution in [0.4, 0.5) is 16.6 Å². The molecule has 0 saturated heterocycles. The summed E-state index contributed by atoms with van der Waals surface area (Å²) in [5, 5.41) is 6.43. The average molecular weight is 307 g/mol. The molecule has 0 bridgehead atoms. The zero-order valence-corrected chi connectivity index (χ0v) is 12.7. The van der Waals surface area contributed by atoms with Crippen LogP contribution < -0.4 is 16.4 Å². The number of hydrogen-bond donors (Lipinski definition) is 3. The summed E-state index contributed by atoms with van der Waals surface area (Å²) in [5.41, 5.74) is 7.19. The molecule has 21 heavy (non-hydrogen) atoms. The standard InChI is InChI=1S/C13H17N5O2S/c1-8-9(4-3-5-15-8)17-12(19)10-11(14)18-13(21-10)16-6-7-20-2/h3-5H,6-7,14H2,1-2H3,(H,16,18)(H,17,19). The van der Waals surface area contributed by atoms with Crippen molar-refractivity contribution < 1.29 is 9.53 Å². The number of rotatable bonds is 6. The molecule has 0 aliphatic carbocycles. The van der Waals surface area contributed by atoms with Gasteiger partial charge in [-0.15, -0.1) is 0 Å². The van der Waals surface area contributed by atoms with Crippen LogP contribution in [-0.2, 0) is 4.74 Å². The van der Waals surface area contributed by atoms with Gasteiger partial charge in [0.2, 0.25) is 0 Å². The molecule has 0 spiro atoms. The minimum absolute atomic E-state index is 0.207. The van der Waals surface area contributed by atoms with Crippen LogP contribution in [-0.4, -0.2) is 36.1 Å². The van der Waals surface area contributed by atoms with Crippen LogP contribution in [0.5, 0.6) is 0 Å². The molecule has 0 atom stereocenters. The van der Waals surface area contributed by atoms with Gasteiger partial charge in [-0.3, -0.25) is 9.78 Å². The number of pyridine rings is 1. The van der Waals surface area contributed by atoms with Crippen molar-refractivity contribution in [1.82, 2.24) is 9.97 Å². The van der Waals surface area contributed by atoms with E-state index in [9.17, 15) is 4.79 Å². The Kier molecular flexibility index (Phi) is 5.07. The first kappa shape index (κ1) is 15.2. The number of nitrogens with one attached hydrogen (secondary N) is 2. The minimum Gasteiger partial charge on any atom is -0.383 e. The highest BCUT2D eigenvalue weighted by Gasteiger charge is 2.17. The topological polar surface area (TPSA) is 102 Å². The fraction of sp³-hybridized carbons (Fsp3) is 0.308. The van der Waals surface area contributed by atoms with Crippen LogP contribution in [0.2, 0.25) is 0 Å². The van der Waals surface area contributed by atoms with Crippen molar-refractivity contribution in [3.05, 3.63) is 28.9 Å². The molecule has 0 aromatic carbocycles. The highest BCUT2D eigenvalue weighted by atomic mass is 32.1. The minimum atomic E-state index is -0.291. The van der Waals surface area contributed by atoms with Crippen molar-refractivity contribution in [3.8, 4) is 0 Å². The molecule has 2 heterocycles. The maximum atomic E-state index is 12.2. The Morgan fingerprint density at radius 3 is 3.05 bits per heavy atom. The van der Waals surface area contributed by atoms with Crippen molar-refractivity contribution in [2.24, 2.45) is 0 Å². The van der Waals surface area contributed by atoms with Crippen molar-refractivity contribution in [1.29, 1.82) is 0 Å². The van der Waals surface area contributed by atoms with Crippen LogP contribution >= 0.6 is 11.3 Å². The molecule has 4 N–H and O–H groups in total. The Labute approximate surface area is 126 Å². The summed E-state index contributed by atoms with van der Waals surface area (Å²) >= 11 is 1.21. The van der Waals surface area contributed by atoms with Gasteiger partial charge in [0.05, 0.1) is 18.0 Å². The number of aromatic nitrogens is 2. The Morgan fingerprint density at radius 1 is 1.52 bits per heavy atom. The SMILES string of the molecule is COCCNc1nc(N)c(C(=O)Nc2cccnc2C)s1. The number of ether oxygens (including phenoxy) is 1.